The molecule has 4 heterocycles. The van der Waals surface area contributed by atoms with Crippen molar-refractivity contribution in [3.05, 3.63) is 29.8 Å². The number of rotatable bonds is 2. The Morgan fingerprint density at radius 3 is 3.04 bits per heavy atom. The van der Waals surface area contributed by atoms with Crippen LogP contribution in [0.15, 0.2) is 18.5 Å². The molecule has 9 heteroatoms. The Morgan fingerprint density at radius 2 is 2.29 bits per heavy atom. The second-order valence-corrected chi connectivity index (χ2v) is 5.95. The van der Waals surface area contributed by atoms with Crippen LogP contribution in [0.4, 0.5) is 11.8 Å². The zero-order valence-electron chi connectivity index (χ0n) is 13.3. The number of nitrogen functional groups attached to an aromatic ring is 1. The lowest BCUT2D eigenvalue weighted by Crippen LogP contribution is -2.36. The Morgan fingerprint density at radius 1 is 1.42 bits per heavy atom. The summed E-state index contributed by atoms with van der Waals surface area (Å²) in [7, 11) is 1.80. The highest BCUT2D eigenvalue weighted by atomic mass is 15.4. The fourth-order valence-electron chi connectivity index (χ4n) is 3.18. The number of hydrogen-bond acceptors (Lipinski definition) is 7. The zero-order chi connectivity index (χ0) is 16.7. The zero-order valence-corrected chi connectivity index (χ0v) is 13.3. The van der Waals surface area contributed by atoms with E-state index in [1.165, 1.54) is 0 Å². The lowest BCUT2D eigenvalue weighted by atomic mass is 9.97. The first-order chi connectivity index (χ1) is 11.7. The van der Waals surface area contributed by atoms with Crippen LogP contribution in [-0.2, 0) is 7.05 Å². The number of nitriles is 1. The summed E-state index contributed by atoms with van der Waals surface area (Å²) in [6.45, 7) is 1.70. The number of hydrogen-bond donors (Lipinski definition) is 1. The van der Waals surface area contributed by atoms with Gasteiger partial charge in [0, 0.05) is 32.3 Å². The molecule has 1 aliphatic heterocycles. The van der Waals surface area contributed by atoms with Gasteiger partial charge in [-0.15, -0.1) is 0 Å². The Kier molecular flexibility index (Phi) is 3.30. The van der Waals surface area contributed by atoms with Gasteiger partial charge in [-0.25, -0.2) is 9.67 Å². The summed E-state index contributed by atoms with van der Waals surface area (Å²) < 4.78 is 3.33. The van der Waals surface area contributed by atoms with Crippen molar-refractivity contribution in [3.8, 4) is 6.07 Å². The number of nitrogens with zero attached hydrogens (tertiary/aromatic N) is 8. The molecular formula is C15H17N9. The minimum absolute atomic E-state index is 0.219. The first kappa shape index (κ1) is 14.4. The SMILES string of the molecule is Cn1nc(C2CCCN(c3ccnc4c(C#N)cnn34)C2)nc1N. The molecule has 0 radical (unpaired) electrons. The standard InChI is InChI=1S/C15H17N9/c1-22-15(17)20-13(21-22)10-3-2-6-23(9-10)12-4-5-18-14-11(7-16)8-19-24(12)14/h4-5,8,10H,2-3,6,9H2,1H3,(H2,17,20,21). The summed E-state index contributed by atoms with van der Waals surface area (Å²) in [5, 5.41) is 17.9. The van der Waals surface area contributed by atoms with Crippen molar-refractivity contribution in [1.82, 2.24) is 29.4 Å². The van der Waals surface area contributed by atoms with Crippen LogP contribution in [0.25, 0.3) is 5.65 Å². The molecule has 3 aromatic rings. The molecule has 0 saturated carbocycles. The van der Waals surface area contributed by atoms with Gasteiger partial charge in [-0.3, -0.25) is 0 Å². The summed E-state index contributed by atoms with van der Waals surface area (Å²) in [5.41, 5.74) is 6.87. The van der Waals surface area contributed by atoms with Crippen LogP contribution in [-0.4, -0.2) is 42.5 Å². The Bertz CT molecular complexity index is 913. The van der Waals surface area contributed by atoms with Gasteiger partial charge in [-0.05, 0) is 18.9 Å². The van der Waals surface area contributed by atoms with Crippen molar-refractivity contribution in [2.45, 2.75) is 18.8 Å². The molecule has 3 aromatic heterocycles. The minimum atomic E-state index is 0.219. The second kappa shape index (κ2) is 5.49. The van der Waals surface area contributed by atoms with E-state index in [0.29, 0.717) is 17.2 Å². The third kappa shape index (κ3) is 2.23. The van der Waals surface area contributed by atoms with Crippen LogP contribution in [0.5, 0.6) is 0 Å². The van der Waals surface area contributed by atoms with Gasteiger partial charge in [-0.1, -0.05) is 0 Å². The molecule has 2 N–H and O–H groups in total. The summed E-state index contributed by atoms with van der Waals surface area (Å²) in [4.78, 5) is 10.9. The van der Waals surface area contributed by atoms with Crippen molar-refractivity contribution in [1.29, 1.82) is 5.26 Å². The minimum Gasteiger partial charge on any atom is -0.368 e. The van der Waals surface area contributed by atoms with Crippen molar-refractivity contribution >= 4 is 17.4 Å². The third-order valence-corrected chi connectivity index (χ3v) is 4.43. The third-order valence-electron chi connectivity index (χ3n) is 4.43. The van der Waals surface area contributed by atoms with Crippen LogP contribution in [0.2, 0.25) is 0 Å². The molecular weight excluding hydrogens is 306 g/mol. The molecule has 24 heavy (non-hydrogen) atoms. The maximum atomic E-state index is 9.16. The van der Waals surface area contributed by atoms with E-state index in [0.717, 1.165) is 37.6 Å². The van der Waals surface area contributed by atoms with E-state index < -0.39 is 0 Å². The lowest BCUT2D eigenvalue weighted by Gasteiger charge is -2.33. The number of aryl methyl sites for hydroxylation is 1. The van der Waals surface area contributed by atoms with Crippen LogP contribution in [0, 0.1) is 11.3 Å². The molecule has 9 nitrogen and oxygen atoms in total. The average Bonchev–Trinajstić information content (AvgIpc) is 3.18. The summed E-state index contributed by atoms with van der Waals surface area (Å²) in [5.74, 6) is 2.36. The van der Waals surface area contributed by atoms with Gasteiger partial charge in [0.2, 0.25) is 5.95 Å². The molecule has 1 atom stereocenters. The predicted molar refractivity (Wildman–Crippen MR) is 87.3 cm³/mol. The van der Waals surface area contributed by atoms with Crippen molar-refractivity contribution in [2.75, 3.05) is 23.7 Å². The maximum absolute atomic E-state index is 9.16. The summed E-state index contributed by atoms with van der Waals surface area (Å²) in [6.07, 6.45) is 5.32. The Hall–Kier alpha value is -3.15. The first-order valence-corrected chi connectivity index (χ1v) is 7.81. The monoisotopic (exact) mass is 323 g/mol. The molecule has 4 rings (SSSR count). The quantitative estimate of drug-likeness (QED) is 0.738. The van der Waals surface area contributed by atoms with Crippen molar-refractivity contribution in [2.24, 2.45) is 7.05 Å². The Balaban J connectivity index is 1.67. The Labute approximate surface area is 138 Å². The molecule has 0 aromatic carbocycles. The average molecular weight is 323 g/mol. The van der Waals surface area contributed by atoms with Gasteiger partial charge in [0.15, 0.2) is 11.5 Å². The highest BCUT2D eigenvalue weighted by molar-refractivity contribution is 5.58. The highest BCUT2D eigenvalue weighted by Crippen LogP contribution is 2.29. The van der Waals surface area contributed by atoms with Gasteiger partial charge < -0.3 is 10.6 Å². The van der Waals surface area contributed by atoms with E-state index in [1.807, 2.05) is 6.07 Å². The molecule has 1 unspecified atom stereocenters. The topological polar surface area (TPSA) is 114 Å². The van der Waals surface area contributed by atoms with E-state index in [1.54, 1.807) is 28.6 Å². The van der Waals surface area contributed by atoms with E-state index in [4.69, 9.17) is 11.0 Å². The van der Waals surface area contributed by atoms with Gasteiger partial charge in [0.25, 0.3) is 0 Å². The predicted octanol–water partition coefficient (Wildman–Crippen LogP) is 0.696. The van der Waals surface area contributed by atoms with E-state index in [9.17, 15) is 0 Å². The van der Waals surface area contributed by atoms with Gasteiger partial charge in [0.1, 0.15) is 17.5 Å². The number of piperidine rings is 1. The normalized spacial score (nSPS) is 18.0. The molecule has 1 aliphatic rings. The molecule has 0 spiro atoms. The molecule has 1 fully saturated rings. The smallest absolute Gasteiger partial charge is 0.218 e. The lowest BCUT2D eigenvalue weighted by molar-refractivity contribution is 0.484. The van der Waals surface area contributed by atoms with E-state index >= 15 is 0 Å². The van der Waals surface area contributed by atoms with Crippen LogP contribution in [0.3, 0.4) is 0 Å². The molecule has 0 amide bonds. The number of aromatic nitrogens is 6. The van der Waals surface area contributed by atoms with Crippen molar-refractivity contribution in [3.63, 3.8) is 0 Å². The highest BCUT2D eigenvalue weighted by Gasteiger charge is 2.26. The first-order valence-electron chi connectivity index (χ1n) is 7.81. The number of nitrogens with two attached hydrogens (primary N) is 1. The van der Waals surface area contributed by atoms with Crippen LogP contribution in [0.1, 0.15) is 30.1 Å². The van der Waals surface area contributed by atoms with Crippen molar-refractivity contribution < 1.29 is 0 Å². The van der Waals surface area contributed by atoms with Gasteiger partial charge in [0.05, 0.1) is 6.20 Å². The molecule has 0 bridgehead atoms. The number of anilines is 2. The van der Waals surface area contributed by atoms with E-state index in [-0.39, 0.29) is 5.92 Å². The number of fused-ring (bicyclic) bond motifs is 1. The molecule has 1 saturated heterocycles. The van der Waals surface area contributed by atoms with Crippen LogP contribution < -0.4 is 10.6 Å². The maximum Gasteiger partial charge on any atom is 0.218 e. The van der Waals surface area contributed by atoms with Crippen LogP contribution >= 0.6 is 0 Å². The molecule has 122 valence electrons. The summed E-state index contributed by atoms with van der Waals surface area (Å²) >= 11 is 0. The largest absolute Gasteiger partial charge is 0.368 e. The fraction of sp³-hybridized carbons (Fsp3) is 0.400. The van der Waals surface area contributed by atoms with Gasteiger partial charge in [-0.2, -0.15) is 25.0 Å². The van der Waals surface area contributed by atoms with E-state index in [2.05, 4.69) is 31.1 Å². The van der Waals surface area contributed by atoms with Gasteiger partial charge >= 0.3 is 0 Å². The summed E-state index contributed by atoms with van der Waals surface area (Å²) in [6, 6.07) is 4.04. The fourth-order valence-corrected chi connectivity index (χ4v) is 3.18. The molecule has 0 aliphatic carbocycles. The second-order valence-electron chi connectivity index (χ2n) is 5.95.